The number of methoxy groups -OCH3 is 1. The minimum absolute atomic E-state index is 0.0214. The summed E-state index contributed by atoms with van der Waals surface area (Å²) in [6.07, 6.45) is 1.93. The van der Waals surface area contributed by atoms with Gasteiger partial charge in [0.1, 0.15) is 18.3 Å². The van der Waals surface area contributed by atoms with Gasteiger partial charge in [0.2, 0.25) is 11.8 Å². The average molecular weight is 593 g/mol. The molecule has 0 saturated heterocycles. The fourth-order valence-electron chi connectivity index (χ4n) is 4.50. The fraction of sp³-hybridized carbons (Fsp3) is 0.312. The summed E-state index contributed by atoms with van der Waals surface area (Å²) >= 11 is 5.44. The molecule has 1 atom stereocenters. The first-order valence-electron chi connectivity index (χ1n) is 13.9. The van der Waals surface area contributed by atoms with Gasteiger partial charge in [-0.3, -0.25) is 9.59 Å². The van der Waals surface area contributed by atoms with Gasteiger partial charge in [-0.25, -0.2) is 9.18 Å². The molecule has 2 amide bonds. The molecule has 1 unspecified atom stereocenters. The van der Waals surface area contributed by atoms with Crippen molar-refractivity contribution in [1.82, 2.24) is 16.0 Å². The highest BCUT2D eigenvalue weighted by atomic mass is 32.1. The van der Waals surface area contributed by atoms with Crippen LogP contribution in [0, 0.1) is 5.82 Å². The molecule has 4 N–H and O–H groups in total. The lowest BCUT2D eigenvalue weighted by Crippen LogP contribution is -2.42. The first kappa shape index (κ1) is 32.2. The van der Waals surface area contributed by atoms with Crippen LogP contribution in [0.2, 0.25) is 0 Å². The second-order valence-electron chi connectivity index (χ2n) is 9.69. The van der Waals surface area contributed by atoms with E-state index >= 15 is 0 Å². The number of carbonyl (C=O) groups is 3. The zero-order valence-electron chi connectivity index (χ0n) is 23.6. The van der Waals surface area contributed by atoms with E-state index < -0.39 is 36.1 Å². The van der Waals surface area contributed by atoms with Gasteiger partial charge in [-0.1, -0.05) is 72.8 Å². The number of amides is 2. The summed E-state index contributed by atoms with van der Waals surface area (Å²) in [5, 5.41) is 11.9. The van der Waals surface area contributed by atoms with Crippen molar-refractivity contribution in [2.24, 2.45) is 0 Å². The SMILES string of the molecule is COC(=O)C(CCCCNC(=S)NCCC(c1ccccc1)c1ccccc1)NC(=O)CC(=O)Nc1ccccc1F. The third kappa shape index (κ3) is 10.9. The van der Waals surface area contributed by atoms with Gasteiger partial charge in [-0.05, 0) is 61.2 Å². The molecule has 10 heteroatoms. The van der Waals surface area contributed by atoms with Crippen LogP contribution in [0.1, 0.15) is 49.1 Å². The molecule has 0 aliphatic rings. The number of esters is 1. The van der Waals surface area contributed by atoms with Crippen LogP contribution in [0.15, 0.2) is 84.9 Å². The Labute approximate surface area is 251 Å². The highest BCUT2D eigenvalue weighted by Gasteiger charge is 2.22. The summed E-state index contributed by atoms with van der Waals surface area (Å²) < 4.78 is 18.5. The molecule has 0 aromatic heterocycles. The number of ether oxygens (including phenoxy) is 1. The third-order valence-corrected chi connectivity index (χ3v) is 6.91. The number of hydrogen-bond donors (Lipinski definition) is 4. The second kappa shape index (κ2) is 17.5. The molecule has 42 heavy (non-hydrogen) atoms. The molecule has 0 saturated carbocycles. The first-order chi connectivity index (χ1) is 20.4. The normalized spacial score (nSPS) is 11.3. The first-order valence-corrected chi connectivity index (χ1v) is 14.3. The van der Waals surface area contributed by atoms with Crippen LogP contribution in [0.25, 0.3) is 0 Å². The molecule has 3 rings (SSSR count). The third-order valence-electron chi connectivity index (χ3n) is 6.62. The Morgan fingerprint density at radius 1 is 0.786 bits per heavy atom. The maximum Gasteiger partial charge on any atom is 0.328 e. The van der Waals surface area contributed by atoms with Crippen molar-refractivity contribution < 1.29 is 23.5 Å². The number of carbonyl (C=O) groups excluding carboxylic acids is 3. The van der Waals surface area contributed by atoms with Crippen LogP contribution in [0.5, 0.6) is 0 Å². The summed E-state index contributed by atoms with van der Waals surface area (Å²) in [5.41, 5.74) is 2.48. The Morgan fingerprint density at radius 2 is 1.38 bits per heavy atom. The standard InChI is InChI=1S/C32H37FN4O4S/c1-41-31(40)28(37-30(39)22-29(38)36-27-17-9-8-16-26(27)33)18-10-11-20-34-32(42)35-21-19-25(23-12-4-2-5-13-23)24-14-6-3-7-15-24/h2-9,12-17,25,28H,10-11,18-22H2,1H3,(H,36,38)(H,37,39)(H2,34,35,42). The van der Waals surface area contributed by atoms with Crippen LogP contribution < -0.4 is 21.3 Å². The van der Waals surface area contributed by atoms with Crippen LogP contribution in [-0.2, 0) is 19.1 Å². The largest absolute Gasteiger partial charge is 0.467 e. The summed E-state index contributed by atoms with van der Waals surface area (Å²) in [7, 11) is 1.23. The van der Waals surface area contributed by atoms with Crippen molar-refractivity contribution in [3.05, 3.63) is 102 Å². The maximum atomic E-state index is 13.7. The van der Waals surface area contributed by atoms with Crippen molar-refractivity contribution >= 4 is 40.8 Å². The van der Waals surface area contributed by atoms with E-state index in [0.717, 1.165) is 6.42 Å². The van der Waals surface area contributed by atoms with Crippen LogP contribution in [0.4, 0.5) is 10.1 Å². The highest BCUT2D eigenvalue weighted by molar-refractivity contribution is 7.80. The zero-order valence-corrected chi connectivity index (χ0v) is 24.4. The maximum absolute atomic E-state index is 13.7. The molecular formula is C32H37FN4O4S. The smallest absolute Gasteiger partial charge is 0.328 e. The molecule has 3 aromatic rings. The predicted octanol–water partition coefficient (Wildman–Crippen LogP) is 4.67. The van der Waals surface area contributed by atoms with E-state index in [1.807, 2.05) is 36.4 Å². The number of halogens is 1. The van der Waals surface area contributed by atoms with Crippen molar-refractivity contribution in [1.29, 1.82) is 0 Å². The number of para-hydroxylation sites is 1. The van der Waals surface area contributed by atoms with Gasteiger partial charge in [-0.15, -0.1) is 0 Å². The fourth-order valence-corrected chi connectivity index (χ4v) is 4.71. The molecule has 3 aromatic carbocycles. The molecule has 0 heterocycles. The lowest BCUT2D eigenvalue weighted by molar-refractivity contribution is -0.145. The lowest BCUT2D eigenvalue weighted by atomic mass is 9.88. The zero-order chi connectivity index (χ0) is 30.2. The van der Waals surface area contributed by atoms with Crippen molar-refractivity contribution in [3.8, 4) is 0 Å². The van der Waals surface area contributed by atoms with E-state index in [-0.39, 0.29) is 11.6 Å². The summed E-state index contributed by atoms with van der Waals surface area (Å²) in [6, 6.07) is 25.5. The monoisotopic (exact) mass is 592 g/mol. The van der Waals surface area contributed by atoms with E-state index in [2.05, 4.69) is 45.5 Å². The summed E-state index contributed by atoms with van der Waals surface area (Å²) in [4.78, 5) is 36.7. The molecule has 0 fully saturated rings. The number of rotatable bonds is 15. The summed E-state index contributed by atoms with van der Waals surface area (Å²) in [6.45, 7) is 1.28. The van der Waals surface area contributed by atoms with Crippen molar-refractivity contribution in [2.45, 2.75) is 44.1 Å². The quantitative estimate of drug-likeness (QED) is 0.0879. The number of benzene rings is 3. The molecular weight excluding hydrogens is 555 g/mol. The molecule has 0 bridgehead atoms. The van der Waals surface area contributed by atoms with Crippen molar-refractivity contribution in [2.75, 3.05) is 25.5 Å². The van der Waals surface area contributed by atoms with E-state index in [0.29, 0.717) is 37.5 Å². The predicted molar refractivity (Wildman–Crippen MR) is 165 cm³/mol. The number of thiocarbonyl (C=S) groups is 1. The Kier molecular flexibility index (Phi) is 13.4. The second-order valence-corrected chi connectivity index (χ2v) is 10.1. The van der Waals surface area contributed by atoms with E-state index in [1.54, 1.807) is 6.07 Å². The van der Waals surface area contributed by atoms with Gasteiger partial charge in [0.15, 0.2) is 5.11 Å². The number of anilines is 1. The molecule has 222 valence electrons. The van der Waals surface area contributed by atoms with Gasteiger partial charge >= 0.3 is 5.97 Å². The molecule has 0 aliphatic heterocycles. The van der Waals surface area contributed by atoms with Gasteiger partial charge in [0.05, 0.1) is 12.8 Å². The molecule has 8 nitrogen and oxygen atoms in total. The van der Waals surface area contributed by atoms with E-state index in [4.69, 9.17) is 17.0 Å². The van der Waals surface area contributed by atoms with E-state index in [9.17, 15) is 18.8 Å². The molecule has 0 radical (unpaired) electrons. The minimum Gasteiger partial charge on any atom is -0.467 e. The van der Waals surface area contributed by atoms with Gasteiger partial charge in [0, 0.05) is 19.0 Å². The lowest BCUT2D eigenvalue weighted by Gasteiger charge is -2.19. The molecule has 0 spiro atoms. The van der Waals surface area contributed by atoms with Gasteiger partial charge in [0.25, 0.3) is 0 Å². The number of hydrogen-bond acceptors (Lipinski definition) is 5. The van der Waals surface area contributed by atoms with Gasteiger partial charge in [-0.2, -0.15) is 0 Å². The van der Waals surface area contributed by atoms with Crippen LogP contribution in [0.3, 0.4) is 0 Å². The number of unbranched alkanes of at least 4 members (excludes halogenated alkanes) is 1. The Bertz CT molecular complexity index is 1270. The number of nitrogens with one attached hydrogen (secondary N) is 4. The van der Waals surface area contributed by atoms with Gasteiger partial charge < -0.3 is 26.0 Å². The Hall–Kier alpha value is -4.31. The Balaban J connectivity index is 1.36. The topological polar surface area (TPSA) is 109 Å². The highest BCUT2D eigenvalue weighted by Crippen LogP contribution is 2.27. The van der Waals surface area contributed by atoms with Crippen LogP contribution >= 0.6 is 12.2 Å². The van der Waals surface area contributed by atoms with Crippen molar-refractivity contribution in [3.63, 3.8) is 0 Å². The molecule has 0 aliphatic carbocycles. The van der Waals surface area contributed by atoms with E-state index in [1.165, 1.54) is 36.4 Å². The summed E-state index contributed by atoms with van der Waals surface area (Å²) in [5.74, 6) is -2.31. The Morgan fingerprint density at radius 3 is 2.00 bits per heavy atom. The van der Waals surface area contributed by atoms with Crippen LogP contribution in [-0.4, -0.2) is 49.1 Å². The average Bonchev–Trinajstić information content (AvgIpc) is 3.00. The minimum atomic E-state index is -0.901.